The molecule has 0 bridgehead atoms. The number of benzene rings is 1. The van der Waals surface area contributed by atoms with Crippen molar-refractivity contribution in [2.45, 2.75) is 39.5 Å². The van der Waals surface area contributed by atoms with Crippen molar-refractivity contribution in [3.8, 4) is 0 Å². The fourth-order valence-electron chi connectivity index (χ4n) is 2.11. The highest BCUT2D eigenvalue weighted by Gasteiger charge is 2.05. The summed E-state index contributed by atoms with van der Waals surface area (Å²) < 4.78 is 0. The van der Waals surface area contributed by atoms with Gasteiger partial charge in [0.25, 0.3) is 0 Å². The van der Waals surface area contributed by atoms with Gasteiger partial charge in [-0.05, 0) is 35.8 Å². The number of aldehydes is 2. The summed E-state index contributed by atoms with van der Waals surface area (Å²) in [5.41, 5.74) is 2.55. The molecule has 0 saturated carbocycles. The molecule has 0 aliphatic carbocycles. The van der Waals surface area contributed by atoms with E-state index in [2.05, 4.69) is 38.1 Å². The first-order valence-corrected chi connectivity index (χ1v) is 6.60. The third kappa shape index (κ3) is 5.26. The van der Waals surface area contributed by atoms with Crippen LogP contribution in [0.4, 0.5) is 0 Å². The molecule has 0 spiro atoms. The van der Waals surface area contributed by atoms with Crippen molar-refractivity contribution in [2.75, 3.05) is 0 Å². The summed E-state index contributed by atoms with van der Waals surface area (Å²) in [5.74, 6) is 0.810. The Kier molecular flexibility index (Phi) is 6.34. The zero-order chi connectivity index (χ0) is 13.4. The molecule has 0 saturated heterocycles. The Balaban J connectivity index is 2.51. The summed E-state index contributed by atoms with van der Waals surface area (Å²) in [7, 11) is 0. The predicted octanol–water partition coefficient (Wildman–Crippen LogP) is 3.22. The summed E-state index contributed by atoms with van der Waals surface area (Å²) in [6.45, 7) is 4.18. The second-order valence-electron chi connectivity index (χ2n) is 5.24. The van der Waals surface area contributed by atoms with E-state index >= 15 is 0 Å². The Morgan fingerprint density at radius 3 is 1.44 bits per heavy atom. The van der Waals surface area contributed by atoms with E-state index in [4.69, 9.17) is 0 Å². The minimum atomic E-state index is 0.405. The molecular formula is C16H22O2. The maximum Gasteiger partial charge on any atom is 0.120 e. The van der Waals surface area contributed by atoms with Crippen LogP contribution in [0, 0.1) is 11.8 Å². The lowest BCUT2D eigenvalue weighted by Crippen LogP contribution is -2.02. The van der Waals surface area contributed by atoms with Gasteiger partial charge in [-0.25, -0.2) is 0 Å². The summed E-state index contributed by atoms with van der Waals surface area (Å²) in [5, 5.41) is 0. The van der Waals surface area contributed by atoms with Crippen molar-refractivity contribution >= 4 is 12.6 Å². The number of carbonyl (C=O) groups excluding carboxylic acids is 2. The van der Waals surface area contributed by atoms with E-state index in [-0.39, 0.29) is 0 Å². The topological polar surface area (TPSA) is 34.1 Å². The molecule has 0 N–H and O–H groups in total. The Morgan fingerprint density at radius 2 is 1.17 bits per heavy atom. The minimum absolute atomic E-state index is 0.405. The van der Waals surface area contributed by atoms with Crippen molar-refractivity contribution in [1.29, 1.82) is 0 Å². The second kappa shape index (κ2) is 7.80. The van der Waals surface area contributed by atoms with E-state index in [0.717, 1.165) is 25.4 Å². The average molecular weight is 246 g/mol. The molecule has 0 radical (unpaired) electrons. The maximum absolute atomic E-state index is 10.4. The molecular weight excluding hydrogens is 224 g/mol. The normalized spacial score (nSPS) is 13.9. The number of hydrogen-bond acceptors (Lipinski definition) is 2. The first-order chi connectivity index (χ1) is 8.65. The fourth-order valence-corrected chi connectivity index (χ4v) is 2.11. The summed E-state index contributed by atoms with van der Waals surface area (Å²) in [4.78, 5) is 20.8. The van der Waals surface area contributed by atoms with Gasteiger partial charge >= 0.3 is 0 Å². The third-order valence-corrected chi connectivity index (χ3v) is 3.19. The van der Waals surface area contributed by atoms with Crippen molar-refractivity contribution < 1.29 is 9.59 Å². The van der Waals surface area contributed by atoms with Gasteiger partial charge < -0.3 is 9.59 Å². The molecule has 1 aromatic carbocycles. The van der Waals surface area contributed by atoms with Gasteiger partial charge in [0.15, 0.2) is 0 Å². The Labute approximate surface area is 109 Å². The van der Waals surface area contributed by atoms with Gasteiger partial charge in [0.1, 0.15) is 12.6 Å². The van der Waals surface area contributed by atoms with Gasteiger partial charge in [0.2, 0.25) is 0 Å². The molecule has 18 heavy (non-hydrogen) atoms. The molecule has 0 heterocycles. The van der Waals surface area contributed by atoms with Crippen LogP contribution in [-0.2, 0) is 22.4 Å². The van der Waals surface area contributed by atoms with Crippen molar-refractivity contribution in [2.24, 2.45) is 11.8 Å². The quantitative estimate of drug-likeness (QED) is 0.660. The van der Waals surface area contributed by atoms with E-state index in [1.807, 2.05) is 0 Å². The average Bonchev–Trinajstić information content (AvgIpc) is 2.32. The van der Waals surface area contributed by atoms with Crippen LogP contribution in [0.3, 0.4) is 0 Å². The van der Waals surface area contributed by atoms with Crippen molar-refractivity contribution in [3.63, 3.8) is 0 Å². The van der Waals surface area contributed by atoms with Gasteiger partial charge in [0.05, 0.1) is 0 Å². The zero-order valence-corrected chi connectivity index (χ0v) is 11.3. The molecule has 0 aliphatic rings. The fraction of sp³-hybridized carbons (Fsp3) is 0.500. The lowest BCUT2D eigenvalue weighted by atomic mass is 9.95. The molecule has 0 aliphatic heterocycles. The van der Waals surface area contributed by atoms with Crippen LogP contribution < -0.4 is 0 Å². The molecule has 0 amide bonds. The molecule has 0 fully saturated rings. The predicted molar refractivity (Wildman–Crippen MR) is 73.5 cm³/mol. The number of carbonyl (C=O) groups is 2. The van der Waals surface area contributed by atoms with Crippen LogP contribution in [-0.4, -0.2) is 12.6 Å². The smallest absolute Gasteiger partial charge is 0.120 e. The van der Waals surface area contributed by atoms with Gasteiger partial charge in [-0.15, -0.1) is 0 Å². The minimum Gasteiger partial charge on any atom is -0.303 e. The van der Waals surface area contributed by atoms with Gasteiger partial charge in [0, 0.05) is 12.8 Å². The van der Waals surface area contributed by atoms with Crippen LogP contribution in [0.2, 0.25) is 0 Å². The lowest BCUT2D eigenvalue weighted by Gasteiger charge is -2.10. The Hall–Kier alpha value is -1.44. The SMILES string of the molecule is CC(CC=O)Cc1ccc(CC(C)CC=O)cc1. The Morgan fingerprint density at radius 1 is 0.833 bits per heavy atom. The molecule has 0 aromatic heterocycles. The number of rotatable bonds is 8. The largest absolute Gasteiger partial charge is 0.303 e. The van der Waals surface area contributed by atoms with Crippen LogP contribution in [0.25, 0.3) is 0 Å². The lowest BCUT2D eigenvalue weighted by molar-refractivity contribution is -0.109. The summed E-state index contributed by atoms with van der Waals surface area (Å²) >= 11 is 0. The molecule has 2 atom stereocenters. The standard InChI is InChI=1S/C16H22O2/c1-13(7-9-17)11-15-3-5-16(6-4-15)12-14(2)8-10-18/h3-6,9-10,13-14H,7-8,11-12H2,1-2H3. The first-order valence-electron chi connectivity index (χ1n) is 6.60. The van der Waals surface area contributed by atoms with E-state index in [0.29, 0.717) is 24.7 Å². The summed E-state index contributed by atoms with van der Waals surface area (Å²) in [6, 6.07) is 8.52. The van der Waals surface area contributed by atoms with E-state index in [1.165, 1.54) is 11.1 Å². The van der Waals surface area contributed by atoms with E-state index in [9.17, 15) is 9.59 Å². The summed E-state index contributed by atoms with van der Waals surface area (Å²) in [6.07, 6.45) is 5.11. The number of hydrogen-bond donors (Lipinski definition) is 0. The molecule has 1 rings (SSSR count). The Bertz CT molecular complexity index is 330. The maximum atomic E-state index is 10.4. The molecule has 1 aromatic rings. The van der Waals surface area contributed by atoms with Crippen LogP contribution in [0.1, 0.15) is 37.8 Å². The third-order valence-electron chi connectivity index (χ3n) is 3.19. The van der Waals surface area contributed by atoms with Crippen molar-refractivity contribution in [1.82, 2.24) is 0 Å². The molecule has 2 nitrogen and oxygen atoms in total. The van der Waals surface area contributed by atoms with Gasteiger partial charge in [-0.2, -0.15) is 0 Å². The van der Waals surface area contributed by atoms with Crippen LogP contribution in [0.5, 0.6) is 0 Å². The highest BCUT2D eigenvalue weighted by molar-refractivity contribution is 5.50. The highest BCUT2D eigenvalue weighted by Crippen LogP contribution is 2.15. The van der Waals surface area contributed by atoms with Crippen LogP contribution >= 0.6 is 0 Å². The molecule has 98 valence electrons. The molecule has 2 unspecified atom stereocenters. The second-order valence-corrected chi connectivity index (χ2v) is 5.24. The van der Waals surface area contributed by atoms with E-state index < -0.39 is 0 Å². The van der Waals surface area contributed by atoms with Gasteiger partial charge in [-0.3, -0.25) is 0 Å². The highest BCUT2D eigenvalue weighted by atomic mass is 16.1. The van der Waals surface area contributed by atoms with Crippen molar-refractivity contribution in [3.05, 3.63) is 35.4 Å². The van der Waals surface area contributed by atoms with E-state index in [1.54, 1.807) is 0 Å². The molecule has 2 heteroatoms. The van der Waals surface area contributed by atoms with Gasteiger partial charge in [-0.1, -0.05) is 38.1 Å². The monoisotopic (exact) mass is 246 g/mol. The van der Waals surface area contributed by atoms with Crippen LogP contribution in [0.15, 0.2) is 24.3 Å². The zero-order valence-electron chi connectivity index (χ0n) is 11.3. The first kappa shape index (κ1) is 14.6.